The third kappa shape index (κ3) is 1.76. The molecule has 0 radical (unpaired) electrons. The smallest absolute Gasteiger partial charge is 0.213 e. The number of aromatic nitrogens is 2. The molecule has 0 saturated heterocycles. The molecular formula is C14H12N2O. The fraction of sp³-hybridized carbons (Fsp3) is 0.0714. The number of methoxy groups -OCH3 is 1. The van der Waals surface area contributed by atoms with Crippen molar-refractivity contribution in [1.29, 1.82) is 0 Å². The summed E-state index contributed by atoms with van der Waals surface area (Å²) in [5.41, 5.74) is 3.42. The summed E-state index contributed by atoms with van der Waals surface area (Å²) in [5.74, 6) is 0.636. The van der Waals surface area contributed by atoms with Crippen LogP contribution in [0.2, 0.25) is 0 Å². The van der Waals surface area contributed by atoms with E-state index in [0.29, 0.717) is 5.88 Å². The molecule has 0 unspecified atom stereocenters. The zero-order chi connectivity index (χ0) is 11.7. The minimum atomic E-state index is 0.636. The zero-order valence-corrected chi connectivity index (χ0v) is 9.47. The van der Waals surface area contributed by atoms with Crippen molar-refractivity contribution in [1.82, 2.24) is 9.97 Å². The minimum absolute atomic E-state index is 0.636. The number of pyridine rings is 1. The molecule has 0 atom stereocenters. The first-order valence-corrected chi connectivity index (χ1v) is 5.44. The molecule has 0 fully saturated rings. The Kier molecular flexibility index (Phi) is 2.29. The molecule has 3 rings (SSSR count). The van der Waals surface area contributed by atoms with Crippen LogP contribution >= 0.6 is 0 Å². The third-order valence-electron chi connectivity index (χ3n) is 2.83. The number of nitrogens with zero attached hydrogens (tertiary/aromatic N) is 1. The van der Waals surface area contributed by atoms with E-state index in [1.54, 1.807) is 13.3 Å². The molecular weight excluding hydrogens is 212 g/mol. The molecule has 3 heteroatoms. The number of benzene rings is 1. The van der Waals surface area contributed by atoms with Gasteiger partial charge in [0.25, 0.3) is 0 Å². The Morgan fingerprint density at radius 1 is 1.06 bits per heavy atom. The maximum absolute atomic E-state index is 5.13. The van der Waals surface area contributed by atoms with Gasteiger partial charge >= 0.3 is 0 Å². The van der Waals surface area contributed by atoms with Gasteiger partial charge < -0.3 is 9.72 Å². The number of rotatable bonds is 2. The highest BCUT2D eigenvalue weighted by Crippen LogP contribution is 2.25. The molecule has 0 saturated carbocycles. The van der Waals surface area contributed by atoms with E-state index in [4.69, 9.17) is 4.74 Å². The SMILES string of the molecule is COc1cc(-c2ccc3[nH]ccc3c2)ccn1. The molecule has 0 aliphatic heterocycles. The zero-order valence-electron chi connectivity index (χ0n) is 9.47. The standard InChI is InChI=1S/C14H12N2O/c1-17-14-9-11(4-7-16-14)10-2-3-13-12(8-10)5-6-15-13/h2-9,15H,1H3. The summed E-state index contributed by atoms with van der Waals surface area (Å²) in [6, 6.07) is 12.3. The summed E-state index contributed by atoms with van der Waals surface area (Å²) >= 11 is 0. The van der Waals surface area contributed by atoms with E-state index in [2.05, 4.69) is 34.2 Å². The summed E-state index contributed by atoms with van der Waals surface area (Å²) < 4.78 is 5.13. The molecule has 17 heavy (non-hydrogen) atoms. The molecule has 0 aliphatic rings. The fourth-order valence-electron chi connectivity index (χ4n) is 1.93. The Morgan fingerprint density at radius 3 is 2.82 bits per heavy atom. The van der Waals surface area contributed by atoms with Crippen LogP contribution in [0.3, 0.4) is 0 Å². The Balaban J connectivity index is 2.12. The molecule has 84 valence electrons. The largest absolute Gasteiger partial charge is 0.481 e. The number of nitrogens with one attached hydrogen (secondary N) is 1. The van der Waals surface area contributed by atoms with Gasteiger partial charge in [-0.2, -0.15) is 0 Å². The van der Waals surface area contributed by atoms with E-state index in [1.807, 2.05) is 18.3 Å². The van der Waals surface area contributed by atoms with Gasteiger partial charge in [-0.1, -0.05) is 6.07 Å². The quantitative estimate of drug-likeness (QED) is 0.725. The van der Waals surface area contributed by atoms with Gasteiger partial charge in [0.1, 0.15) is 0 Å². The van der Waals surface area contributed by atoms with Gasteiger partial charge in [-0.3, -0.25) is 0 Å². The summed E-state index contributed by atoms with van der Waals surface area (Å²) in [4.78, 5) is 7.29. The van der Waals surface area contributed by atoms with Crippen molar-refractivity contribution in [2.45, 2.75) is 0 Å². The third-order valence-corrected chi connectivity index (χ3v) is 2.83. The van der Waals surface area contributed by atoms with E-state index >= 15 is 0 Å². The van der Waals surface area contributed by atoms with Crippen molar-refractivity contribution in [2.75, 3.05) is 7.11 Å². The van der Waals surface area contributed by atoms with E-state index in [9.17, 15) is 0 Å². The number of fused-ring (bicyclic) bond motifs is 1. The van der Waals surface area contributed by atoms with Crippen molar-refractivity contribution in [2.24, 2.45) is 0 Å². The first kappa shape index (κ1) is 9.90. The van der Waals surface area contributed by atoms with Crippen LogP contribution in [0.4, 0.5) is 0 Å². The Morgan fingerprint density at radius 2 is 1.94 bits per heavy atom. The van der Waals surface area contributed by atoms with Crippen LogP contribution < -0.4 is 4.74 Å². The maximum atomic E-state index is 5.13. The van der Waals surface area contributed by atoms with Crippen molar-refractivity contribution in [3.05, 3.63) is 48.8 Å². The highest BCUT2D eigenvalue weighted by molar-refractivity contribution is 5.85. The summed E-state index contributed by atoms with van der Waals surface area (Å²) in [6.07, 6.45) is 3.71. The van der Waals surface area contributed by atoms with Crippen LogP contribution in [0.15, 0.2) is 48.8 Å². The van der Waals surface area contributed by atoms with E-state index in [-0.39, 0.29) is 0 Å². The summed E-state index contributed by atoms with van der Waals surface area (Å²) in [6.45, 7) is 0. The van der Waals surface area contributed by atoms with Gasteiger partial charge in [0.05, 0.1) is 7.11 Å². The van der Waals surface area contributed by atoms with Crippen LogP contribution in [-0.4, -0.2) is 17.1 Å². The van der Waals surface area contributed by atoms with Gasteiger partial charge in [0.15, 0.2) is 0 Å². The van der Waals surface area contributed by atoms with E-state index in [1.165, 1.54) is 5.39 Å². The number of ether oxygens (including phenoxy) is 1. The van der Waals surface area contributed by atoms with Crippen LogP contribution in [0, 0.1) is 0 Å². The second-order valence-electron chi connectivity index (χ2n) is 3.87. The fourth-order valence-corrected chi connectivity index (χ4v) is 1.93. The van der Waals surface area contributed by atoms with E-state index in [0.717, 1.165) is 16.6 Å². The lowest BCUT2D eigenvalue weighted by atomic mass is 10.1. The van der Waals surface area contributed by atoms with E-state index < -0.39 is 0 Å². The lowest BCUT2D eigenvalue weighted by Gasteiger charge is -2.04. The summed E-state index contributed by atoms with van der Waals surface area (Å²) in [7, 11) is 1.63. The van der Waals surface area contributed by atoms with Crippen LogP contribution in [0.25, 0.3) is 22.0 Å². The predicted octanol–water partition coefficient (Wildman–Crippen LogP) is 3.24. The number of aromatic amines is 1. The monoisotopic (exact) mass is 224 g/mol. The Hall–Kier alpha value is -2.29. The van der Waals surface area contributed by atoms with Crippen molar-refractivity contribution >= 4 is 10.9 Å². The topological polar surface area (TPSA) is 37.9 Å². The average Bonchev–Trinajstić information content (AvgIpc) is 2.86. The number of hydrogen-bond donors (Lipinski definition) is 1. The van der Waals surface area contributed by atoms with Crippen LogP contribution in [0.1, 0.15) is 0 Å². The molecule has 0 spiro atoms. The highest BCUT2D eigenvalue weighted by atomic mass is 16.5. The Labute approximate surface area is 99.1 Å². The molecule has 3 nitrogen and oxygen atoms in total. The molecule has 3 aromatic rings. The van der Waals surface area contributed by atoms with Crippen LogP contribution in [0.5, 0.6) is 5.88 Å². The molecule has 0 amide bonds. The lowest BCUT2D eigenvalue weighted by molar-refractivity contribution is 0.398. The van der Waals surface area contributed by atoms with Gasteiger partial charge in [0.2, 0.25) is 5.88 Å². The molecule has 1 aromatic carbocycles. The molecule has 1 N–H and O–H groups in total. The number of hydrogen-bond acceptors (Lipinski definition) is 2. The Bertz CT molecular complexity index is 658. The van der Waals surface area contributed by atoms with Crippen molar-refractivity contribution < 1.29 is 4.74 Å². The normalized spacial score (nSPS) is 10.6. The van der Waals surface area contributed by atoms with Gasteiger partial charge in [0, 0.05) is 24.0 Å². The van der Waals surface area contributed by atoms with Crippen molar-refractivity contribution in [3.8, 4) is 17.0 Å². The van der Waals surface area contributed by atoms with Crippen LogP contribution in [-0.2, 0) is 0 Å². The van der Waals surface area contributed by atoms with Gasteiger partial charge in [-0.15, -0.1) is 0 Å². The first-order valence-electron chi connectivity index (χ1n) is 5.44. The second-order valence-corrected chi connectivity index (χ2v) is 3.87. The maximum Gasteiger partial charge on any atom is 0.213 e. The first-order chi connectivity index (χ1) is 8.36. The lowest BCUT2D eigenvalue weighted by Crippen LogP contribution is -1.87. The minimum Gasteiger partial charge on any atom is -0.481 e. The molecule has 0 aliphatic carbocycles. The highest BCUT2D eigenvalue weighted by Gasteiger charge is 2.02. The average molecular weight is 224 g/mol. The van der Waals surface area contributed by atoms with Gasteiger partial charge in [-0.25, -0.2) is 4.98 Å². The molecule has 0 bridgehead atoms. The van der Waals surface area contributed by atoms with Crippen molar-refractivity contribution in [3.63, 3.8) is 0 Å². The number of H-pyrrole nitrogens is 1. The molecule has 2 heterocycles. The predicted molar refractivity (Wildman–Crippen MR) is 68.1 cm³/mol. The molecule has 2 aromatic heterocycles. The summed E-state index contributed by atoms with van der Waals surface area (Å²) in [5, 5.41) is 1.21. The van der Waals surface area contributed by atoms with Gasteiger partial charge in [-0.05, 0) is 40.8 Å². The second kappa shape index (κ2) is 3.94.